The van der Waals surface area contributed by atoms with E-state index in [1.165, 1.54) is 64.2 Å². The van der Waals surface area contributed by atoms with Crippen molar-refractivity contribution in [1.29, 1.82) is 0 Å². The molecular formula is C42H72N4O4+2. The van der Waals surface area contributed by atoms with Crippen molar-refractivity contribution in [3.63, 3.8) is 0 Å². The maximum atomic E-state index is 12.8. The summed E-state index contributed by atoms with van der Waals surface area (Å²) in [4.78, 5) is 25.6. The summed E-state index contributed by atoms with van der Waals surface area (Å²) >= 11 is 0. The van der Waals surface area contributed by atoms with Crippen LogP contribution < -0.4 is 20.1 Å². The molecule has 0 unspecified atom stereocenters. The van der Waals surface area contributed by atoms with E-state index in [4.69, 9.17) is 9.47 Å². The first-order valence-electron chi connectivity index (χ1n) is 19.7. The highest BCUT2D eigenvalue weighted by Crippen LogP contribution is 2.19. The number of hydrogen-bond donors (Lipinski definition) is 2. The van der Waals surface area contributed by atoms with Crippen LogP contribution in [0, 0.1) is 0 Å². The zero-order valence-electron chi connectivity index (χ0n) is 32.7. The van der Waals surface area contributed by atoms with Gasteiger partial charge in [-0.15, -0.1) is 0 Å². The van der Waals surface area contributed by atoms with Crippen LogP contribution in [-0.4, -0.2) is 88.4 Å². The fraction of sp³-hybridized carbons (Fsp3) is 0.667. The van der Waals surface area contributed by atoms with E-state index >= 15 is 0 Å². The molecule has 0 aliphatic heterocycles. The van der Waals surface area contributed by atoms with E-state index < -0.39 is 0 Å². The van der Waals surface area contributed by atoms with E-state index in [9.17, 15) is 9.59 Å². The lowest BCUT2D eigenvalue weighted by Gasteiger charge is -2.30. The minimum absolute atomic E-state index is 0.0286. The lowest BCUT2D eigenvalue weighted by molar-refractivity contribution is -0.883. The Kier molecular flexibility index (Phi) is 21.5. The third kappa shape index (κ3) is 21.2. The molecule has 8 nitrogen and oxygen atoms in total. The number of rotatable bonds is 29. The minimum atomic E-state index is 0.0286. The van der Waals surface area contributed by atoms with Gasteiger partial charge in [-0.1, -0.05) is 78.1 Å². The summed E-state index contributed by atoms with van der Waals surface area (Å²) in [5.41, 5.74) is 1.61. The summed E-state index contributed by atoms with van der Waals surface area (Å²) < 4.78 is 13.0. The molecule has 0 heterocycles. The van der Waals surface area contributed by atoms with Crippen molar-refractivity contribution >= 4 is 23.2 Å². The van der Waals surface area contributed by atoms with Gasteiger partial charge in [-0.2, -0.15) is 0 Å². The first kappa shape index (κ1) is 43.1. The molecule has 0 saturated carbocycles. The Morgan fingerprint density at radius 1 is 0.480 bits per heavy atom. The number of amides is 2. The number of likely N-dealkylation sites (N-methyl/N-ethyl adjacent to an activating group) is 2. The SMILES string of the molecule is CCCCCCCCOc1ccc(NC(=O)C[N+](C)(C)CCCCCC[N+](C)(C)CC(=O)Nc2ccc(OCCCCCCCC)cc2)cc1. The number of carbonyl (C=O) groups excluding carboxylic acids is 2. The third-order valence-electron chi connectivity index (χ3n) is 9.23. The molecule has 0 atom stereocenters. The molecule has 0 fully saturated rings. The number of ether oxygens (including phenoxy) is 2. The Bertz CT molecular complexity index is 1090. The first-order valence-corrected chi connectivity index (χ1v) is 19.7. The van der Waals surface area contributed by atoms with E-state index in [0.717, 1.165) is 87.7 Å². The molecular weight excluding hydrogens is 624 g/mol. The molecule has 2 N–H and O–H groups in total. The van der Waals surface area contributed by atoms with E-state index in [2.05, 4.69) is 52.7 Å². The Morgan fingerprint density at radius 2 is 0.800 bits per heavy atom. The topological polar surface area (TPSA) is 76.7 Å². The van der Waals surface area contributed by atoms with Gasteiger partial charge >= 0.3 is 0 Å². The Balaban J connectivity index is 1.56. The average Bonchev–Trinajstić information content (AvgIpc) is 3.06. The van der Waals surface area contributed by atoms with E-state index in [0.29, 0.717) is 22.1 Å². The highest BCUT2D eigenvalue weighted by molar-refractivity contribution is 5.92. The molecule has 0 aliphatic carbocycles. The molecule has 0 aliphatic rings. The van der Waals surface area contributed by atoms with Gasteiger partial charge in [0.1, 0.15) is 11.5 Å². The number of nitrogens with one attached hydrogen (secondary N) is 2. The lowest BCUT2D eigenvalue weighted by Crippen LogP contribution is -2.46. The first-order chi connectivity index (χ1) is 24.0. The van der Waals surface area contributed by atoms with Crippen LogP contribution >= 0.6 is 0 Å². The van der Waals surface area contributed by atoms with Gasteiger partial charge in [0.05, 0.1) is 54.5 Å². The van der Waals surface area contributed by atoms with Crippen LogP contribution in [0.25, 0.3) is 0 Å². The van der Waals surface area contributed by atoms with Crippen molar-refractivity contribution in [3.05, 3.63) is 48.5 Å². The molecule has 0 radical (unpaired) electrons. The second-order valence-corrected chi connectivity index (χ2v) is 15.4. The monoisotopic (exact) mass is 697 g/mol. The van der Waals surface area contributed by atoms with Crippen LogP contribution in [0.15, 0.2) is 48.5 Å². The molecule has 0 saturated heterocycles. The maximum absolute atomic E-state index is 12.8. The quantitative estimate of drug-likeness (QED) is 0.0657. The van der Waals surface area contributed by atoms with Gasteiger partial charge < -0.3 is 29.1 Å². The van der Waals surface area contributed by atoms with Crippen molar-refractivity contribution in [2.45, 2.75) is 117 Å². The van der Waals surface area contributed by atoms with Crippen molar-refractivity contribution in [3.8, 4) is 11.5 Å². The second kappa shape index (κ2) is 25.0. The Labute approximate surface area is 305 Å². The molecule has 2 aromatic carbocycles. The lowest BCUT2D eigenvalue weighted by atomic mass is 10.1. The molecule has 0 aromatic heterocycles. The van der Waals surface area contributed by atoms with Crippen LogP contribution in [0.5, 0.6) is 11.5 Å². The van der Waals surface area contributed by atoms with E-state index in [1.54, 1.807) is 0 Å². The minimum Gasteiger partial charge on any atom is -0.494 e. The van der Waals surface area contributed by atoms with Gasteiger partial charge in [0.15, 0.2) is 13.1 Å². The van der Waals surface area contributed by atoms with E-state index in [-0.39, 0.29) is 11.8 Å². The number of hydrogen-bond acceptors (Lipinski definition) is 4. The number of benzene rings is 2. The van der Waals surface area contributed by atoms with Gasteiger partial charge in [0.25, 0.3) is 11.8 Å². The number of carbonyl (C=O) groups is 2. The molecule has 0 spiro atoms. The Hall–Kier alpha value is -3.10. The number of unbranched alkanes of at least 4 members (excludes halogenated alkanes) is 13. The zero-order valence-corrected chi connectivity index (χ0v) is 32.7. The average molecular weight is 697 g/mol. The smallest absolute Gasteiger partial charge is 0.279 e. The molecule has 0 bridgehead atoms. The standard InChI is InChI=1S/C42H70N4O4/c1-7-9-11-13-17-21-33-49-39-27-23-37(24-28-39)43-41(47)35-45(3,4)31-19-15-16-20-32-46(5,6)36-42(48)44-38-25-29-40(30-26-38)50-34-22-18-14-12-10-8-2/h23-30H,7-22,31-36H2,1-6H3/p+2. The fourth-order valence-corrected chi connectivity index (χ4v) is 6.18. The van der Waals surface area contributed by atoms with Crippen LogP contribution in [0.4, 0.5) is 11.4 Å². The number of nitrogens with zero attached hydrogens (tertiary/aromatic N) is 2. The summed E-state index contributed by atoms with van der Waals surface area (Å²) in [6.07, 6.45) is 19.3. The molecule has 282 valence electrons. The van der Waals surface area contributed by atoms with Gasteiger partial charge in [-0.05, 0) is 87.1 Å². The number of anilines is 2. The van der Waals surface area contributed by atoms with Gasteiger partial charge in [-0.3, -0.25) is 9.59 Å². The fourth-order valence-electron chi connectivity index (χ4n) is 6.18. The maximum Gasteiger partial charge on any atom is 0.279 e. The van der Waals surface area contributed by atoms with Crippen LogP contribution in [0.2, 0.25) is 0 Å². The highest BCUT2D eigenvalue weighted by atomic mass is 16.5. The molecule has 2 amide bonds. The van der Waals surface area contributed by atoms with Crippen molar-refractivity contribution < 1.29 is 28.0 Å². The molecule has 2 aromatic rings. The van der Waals surface area contributed by atoms with Crippen LogP contribution in [0.1, 0.15) is 117 Å². The summed E-state index contributed by atoms with van der Waals surface area (Å²) in [6.45, 7) is 8.72. The normalized spacial score (nSPS) is 11.7. The van der Waals surface area contributed by atoms with Crippen LogP contribution in [-0.2, 0) is 9.59 Å². The van der Waals surface area contributed by atoms with Gasteiger partial charge in [0.2, 0.25) is 0 Å². The predicted molar refractivity (Wildman–Crippen MR) is 210 cm³/mol. The van der Waals surface area contributed by atoms with Crippen molar-refractivity contribution in [1.82, 2.24) is 0 Å². The predicted octanol–water partition coefficient (Wildman–Crippen LogP) is 9.46. The summed E-state index contributed by atoms with van der Waals surface area (Å²) in [5, 5.41) is 6.09. The van der Waals surface area contributed by atoms with Gasteiger partial charge in [-0.25, -0.2) is 0 Å². The molecule has 2 rings (SSSR count). The highest BCUT2D eigenvalue weighted by Gasteiger charge is 2.21. The zero-order chi connectivity index (χ0) is 36.5. The largest absolute Gasteiger partial charge is 0.494 e. The third-order valence-corrected chi connectivity index (χ3v) is 9.23. The molecule has 8 heteroatoms. The summed E-state index contributed by atoms with van der Waals surface area (Å²) in [6, 6.07) is 15.4. The van der Waals surface area contributed by atoms with Crippen LogP contribution in [0.3, 0.4) is 0 Å². The summed E-state index contributed by atoms with van der Waals surface area (Å²) in [7, 11) is 8.48. The van der Waals surface area contributed by atoms with E-state index in [1.807, 2.05) is 48.5 Å². The number of quaternary nitrogens is 2. The molecule has 50 heavy (non-hydrogen) atoms. The van der Waals surface area contributed by atoms with Gasteiger partial charge in [0, 0.05) is 11.4 Å². The summed E-state index contributed by atoms with van der Waals surface area (Å²) in [5.74, 6) is 1.76. The van der Waals surface area contributed by atoms with Crippen molar-refractivity contribution in [2.75, 3.05) is 78.2 Å². The van der Waals surface area contributed by atoms with Crippen molar-refractivity contribution in [2.24, 2.45) is 0 Å². The Morgan fingerprint density at radius 3 is 1.16 bits per heavy atom. The second-order valence-electron chi connectivity index (χ2n) is 15.4.